The van der Waals surface area contributed by atoms with Crippen LogP contribution in [0.5, 0.6) is 11.5 Å². The Morgan fingerprint density at radius 1 is 1.24 bits per heavy atom. The smallest absolute Gasteiger partial charge is 0.344 e. The minimum absolute atomic E-state index is 0.0969. The average Bonchev–Trinajstić information content (AvgIpc) is 2.55. The van der Waals surface area contributed by atoms with E-state index in [9.17, 15) is 9.90 Å². The maximum Gasteiger partial charge on any atom is 0.344 e. The van der Waals surface area contributed by atoms with Crippen molar-refractivity contribution in [3.05, 3.63) is 36.4 Å². The van der Waals surface area contributed by atoms with Crippen molar-refractivity contribution in [3.63, 3.8) is 0 Å². The molecule has 0 spiro atoms. The zero-order valence-corrected chi connectivity index (χ0v) is 19.0. The lowest BCUT2D eigenvalue weighted by molar-refractivity contribution is -0.162. The van der Waals surface area contributed by atoms with Crippen LogP contribution in [0.2, 0.25) is 0 Å². The number of carbonyl (C=O) groups excluding carboxylic acids is 1. The maximum atomic E-state index is 12.4. The summed E-state index contributed by atoms with van der Waals surface area (Å²) in [6.45, 7) is 19.3. The minimum Gasteiger partial charge on any atom is -0.508 e. The Morgan fingerprint density at radius 2 is 1.83 bits per heavy atom. The van der Waals surface area contributed by atoms with Gasteiger partial charge in [0.05, 0.1) is 0 Å². The van der Waals surface area contributed by atoms with Crippen LogP contribution in [0, 0.1) is 0 Å². The molecule has 5 heteroatoms. The summed E-state index contributed by atoms with van der Waals surface area (Å²) in [6, 6.07) is 5.04. The fourth-order valence-corrected chi connectivity index (χ4v) is 4.50. The second-order valence-corrected chi connectivity index (χ2v) is 10.3. The Kier molecular flexibility index (Phi) is 6.73. The van der Waals surface area contributed by atoms with E-state index in [0.29, 0.717) is 5.75 Å². The minimum atomic E-state index is -0.371. The van der Waals surface area contributed by atoms with E-state index in [2.05, 4.69) is 39.2 Å². The highest BCUT2D eigenvalue weighted by atomic mass is 16.6. The van der Waals surface area contributed by atoms with Crippen LogP contribution in [-0.2, 0) is 14.9 Å². The fourth-order valence-electron chi connectivity index (χ4n) is 4.50. The zero-order valence-electron chi connectivity index (χ0n) is 19.0. The van der Waals surface area contributed by atoms with Crippen molar-refractivity contribution in [2.75, 3.05) is 13.2 Å². The second-order valence-electron chi connectivity index (χ2n) is 10.3. The molecule has 0 radical (unpaired) electrons. The van der Waals surface area contributed by atoms with Gasteiger partial charge in [-0.3, -0.25) is 4.90 Å². The molecular formula is C24H37NO4. The van der Waals surface area contributed by atoms with E-state index < -0.39 is 0 Å². The lowest BCUT2D eigenvalue weighted by Gasteiger charge is -2.54. The number of phenolic OH excluding ortho intramolecular Hbond substituents is 1. The molecule has 0 amide bonds. The zero-order chi connectivity index (χ0) is 22.0. The highest BCUT2D eigenvalue weighted by molar-refractivity contribution is 5.71. The molecular weight excluding hydrogens is 366 g/mol. The van der Waals surface area contributed by atoms with E-state index >= 15 is 0 Å². The second kappa shape index (κ2) is 8.39. The number of esters is 1. The number of nitrogens with zero attached hydrogens (tertiary/aromatic N) is 1. The Morgan fingerprint density at radius 3 is 2.34 bits per heavy atom. The first-order chi connectivity index (χ1) is 13.3. The number of hydrogen-bond acceptors (Lipinski definition) is 5. The van der Waals surface area contributed by atoms with Crippen LogP contribution in [0.15, 0.2) is 30.9 Å². The van der Waals surface area contributed by atoms with Gasteiger partial charge in [-0.2, -0.15) is 0 Å². The molecule has 29 heavy (non-hydrogen) atoms. The normalized spacial score (nSPS) is 19.6. The number of hydrogen-bond donors (Lipinski definition) is 1. The monoisotopic (exact) mass is 403 g/mol. The predicted octanol–water partition coefficient (Wildman–Crippen LogP) is 4.82. The SMILES string of the molecule is C=CCN1C(C)(C)CC(OC(=O)COc2ccc(O)c(C(C)(C)C)c2)CC1(C)C. The molecule has 0 aromatic heterocycles. The van der Waals surface area contributed by atoms with Gasteiger partial charge in [0.25, 0.3) is 0 Å². The Labute approximate surface area is 175 Å². The molecule has 0 aliphatic carbocycles. The number of rotatable bonds is 6. The maximum absolute atomic E-state index is 12.4. The van der Waals surface area contributed by atoms with Crippen LogP contribution >= 0.6 is 0 Å². The number of ether oxygens (including phenoxy) is 2. The van der Waals surface area contributed by atoms with Crippen LogP contribution in [-0.4, -0.2) is 46.3 Å². The third-order valence-electron chi connectivity index (χ3n) is 5.66. The van der Waals surface area contributed by atoms with E-state index in [-0.39, 0.29) is 40.9 Å². The van der Waals surface area contributed by atoms with Crippen LogP contribution in [0.25, 0.3) is 0 Å². The molecule has 1 aliphatic heterocycles. The third-order valence-corrected chi connectivity index (χ3v) is 5.66. The summed E-state index contributed by atoms with van der Waals surface area (Å²) in [5.41, 5.74) is 0.364. The van der Waals surface area contributed by atoms with Crippen molar-refractivity contribution in [3.8, 4) is 11.5 Å². The number of phenols is 1. The number of aromatic hydroxyl groups is 1. The summed E-state index contributed by atoms with van der Waals surface area (Å²) >= 11 is 0. The van der Waals surface area contributed by atoms with E-state index in [1.807, 2.05) is 26.8 Å². The first kappa shape index (κ1) is 23.3. The molecule has 1 aliphatic rings. The third kappa shape index (κ3) is 5.75. The summed E-state index contributed by atoms with van der Waals surface area (Å²) in [5, 5.41) is 10.1. The van der Waals surface area contributed by atoms with Crippen LogP contribution < -0.4 is 4.74 Å². The number of likely N-dealkylation sites (tertiary alicyclic amines) is 1. The van der Waals surface area contributed by atoms with Crippen LogP contribution in [0.1, 0.15) is 66.9 Å². The predicted molar refractivity (Wildman–Crippen MR) is 116 cm³/mol. The molecule has 1 aromatic carbocycles. The standard InChI is InChI=1S/C24H37NO4/c1-9-12-25-23(5,6)14-18(15-24(25,7)8)29-21(27)16-28-17-10-11-20(26)19(13-17)22(2,3)4/h9-11,13,18,26H,1,12,14-16H2,2-8H3. The molecule has 2 rings (SSSR count). The van der Waals surface area contributed by atoms with Gasteiger partial charge in [-0.15, -0.1) is 6.58 Å². The molecule has 1 heterocycles. The molecule has 0 bridgehead atoms. The topological polar surface area (TPSA) is 59.0 Å². The Bertz CT molecular complexity index is 728. The summed E-state index contributed by atoms with van der Waals surface area (Å²) in [7, 11) is 0. The number of piperidine rings is 1. The molecule has 162 valence electrons. The van der Waals surface area contributed by atoms with Gasteiger partial charge in [0.2, 0.25) is 0 Å². The highest BCUT2D eigenvalue weighted by Gasteiger charge is 2.45. The molecule has 0 saturated carbocycles. The van der Waals surface area contributed by atoms with E-state index in [1.54, 1.807) is 18.2 Å². The van der Waals surface area contributed by atoms with Gasteiger partial charge in [-0.05, 0) is 51.3 Å². The highest BCUT2D eigenvalue weighted by Crippen LogP contribution is 2.39. The molecule has 1 fully saturated rings. The van der Waals surface area contributed by atoms with Crippen molar-refractivity contribution in [1.29, 1.82) is 0 Å². The van der Waals surface area contributed by atoms with Gasteiger partial charge in [-0.1, -0.05) is 26.8 Å². The van der Waals surface area contributed by atoms with E-state index in [4.69, 9.17) is 9.47 Å². The van der Waals surface area contributed by atoms with Crippen molar-refractivity contribution in [1.82, 2.24) is 4.90 Å². The lowest BCUT2D eigenvalue weighted by atomic mass is 9.78. The lowest BCUT2D eigenvalue weighted by Crippen LogP contribution is -2.62. The summed E-state index contributed by atoms with van der Waals surface area (Å²) in [6.07, 6.45) is 3.31. The van der Waals surface area contributed by atoms with Gasteiger partial charge in [-0.25, -0.2) is 4.79 Å². The van der Waals surface area contributed by atoms with Crippen LogP contribution in [0.3, 0.4) is 0 Å². The van der Waals surface area contributed by atoms with Gasteiger partial charge in [0, 0.05) is 36.0 Å². The van der Waals surface area contributed by atoms with Crippen molar-refractivity contribution < 1.29 is 19.4 Å². The van der Waals surface area contributed by atoms with Crippen molar-refractivity contribution >= 4 is 5.97 Å². The summed E-state index contributed by atoms with van der Waals surface area (Å²) in [4.78, 5) is 14.9. The summed E-state index contributed by atoms with van der Waals surface area (Å²) in [5.74, 6) is 0.401. The van der Waals surface area contributed by atoms with Gasteiger partial charge < -0.3 is 14.6 Å². The van der Waals surface area contributed by atoms with E-state index in [1.165, 1.54) is 0 Å². The molecule has 0 unspecified atom stereocenters. The first-order valence-electron chi connectivity index (χ1n) is 10.3. The van der Waals surface area contributed by atoms with Crippen molar-refractivity contribution in [2.24, 2.45) is 0 Å². The first-order valence-corrected chi connectivity index (χ1v) is 10.3. The average molecular weight is 404 g/mol. The molecule has 5 nitrogen and oxygen atoms in total. The largest absolute Gasteiger partial charge is 0.508 e. The molecule has 1 saturated heterocycles. The fraction of sp³-hybridized carbons (Fsp3) is 0.625. The summed E-state index contributed by atoms with van der Waals surface area (Å²) < 4.78 is 11.4. The number of benzene rings is 1. The van der Waals surface area contributed by atoms with E-state index in [0.717, 1.165) is 24.9 Å². The quantitative estimate of drug-likeness (QED) is 0.545. The number of carbonyl (C=O) groups is 1. The Balaban J connectivity index is 1.99. The van der Waals surface area contributed by atoms with Gasteiger partial charge in [0.1, 0.15) is 17.6 Å². The van der Waals surface area contributed by atoms with Crippen molar-refractivity contribution in [2.45, 2.75) is 83.9 Å². The Hall–Kier alpha value is -2.01. The molecule has 0 atom stereocenters. The van der Waals surface area contributed by atoms with Gasteiger partial charge in [0.15, 0.2) is 6.61 Å². The van der Waals surface area contributed by atoms with Crippen LogP contribution in [0.4, 0.5) is 0 Å². The van der Waals surface area contributed by atoms with Gasteiger partial charge >= 0.3 is 5.97 Å². The molecule has 1 aromatic rings. The molecule has 1 N–H and O–H groups in total.